The van der Waals surface area contributed by atoms with Gasteiger partial charge in [0.15, 0.2) is 0 Å². The zero-order chi connectivity index (χ0) is 12.6. The lowest BCUT2D eigenvalue weighted by molar-refractivity contribution is 0.534. The normalized spacial score (nSPS) is 17.6. The van der Waals surface area contributed by atoms with Gasteiger partial charge in [-0.25, -0.2) is 4.99 Å². The summed E-state index contributed by atoms with van der Waals surface area (Å²) in [4.78, 5) is 10.1. The molecule has 0 atom stereocenters. The van der Waals surface area contributed by atoms with E-state index in [1.54, 1.807) is 0 Å². The van der Waals surface area contributed by atoms with Crippen LogP contribution in [0.3, 0.4) is 0 Å². The summed E-state index contributed by atoms with van der Waals surface area (Å²) in [5.41, 5.74) is 11.9. The van der Waals surface area contributed by atoms with Gasteiger partial charge < -0.3 is 11.5 Å². The van der Waals surface area contributed by atoms with Gasteiger partial charge in [-0.15, -0.1) is 17.0 Å². The van der Waals surface area contributed by atoms with Gasteiger partial charge in [0.25, 0.3) is 0 Å². The number of nitrogens with zero attached hydrogens (tertiary/aromatic N) is 3. The van der Waals surface area contributed by atoms with Gasteiger partial charge in [-0.3, -0.25) is 4.90 Å². The molecule has 0 spiro atoms. The van der Waals surface area contributed by atoms with Crippen LogP contribution in [0.1, 0.15) is 13.8 Å². The number of halogens is 2. The van der Waals surface area contributed by atoms with E-state index in [0.717, 1.165) is 10.2 Å². The maximum atomic E-state index is 5.92. The smallest absolute Gasteiger partial charge is 0.220 e. The molecular weight excluding hydrogens is 362 g/mol. The molecule has 0 saturated carbocycles. The van der Waals surface area contributed by atoms with Crippen LogP contribution in [0.5, 0.6) is 0 Å². The number of guanidine groups is 2. The van der Waals surface area contributed by atoms with Gasteiger partial charge in [0, 0.05) is 10.2 Å². The molecule has 0 bridgehead atoms. The third-order valence-electron chi connectivity index (χ3n) is 2.48. The predicted molar refractivity (Wildman–Crippen MR) is 84.3 cm³/mol. The number of aliphatic imine (C=N–C) groups is 2. The zero-order valence-electron chi connectivity index (χ0n) is 10.1. The molecule has 0 saturated heterocycles. The van der Waals surface area contributed by atoms with Gasteiger partial charge in [-0.05, 0) is 38.1 Å². The standard InChI is InChI=1S/C11H14BrN5.BrH/c1-11(2)16-9(13)15-10(14)17(11)8-5-3-7(12)4-6-8;/h3-6H,1-2H3,(H4,13,14,15,16);1H. The Morgan fingerprint density at radius 1 is 1.17 bits per heavy atom. The monoisotopic (exact) mass is 375 g/mol. The predicted octanol–water partition coefficient (Wildman–Crippen LogP) is 2.21. The van der Waals surface area contributed by atoms with Crippen molar-refractivity contribution in [3.8, 4) is 0 Å². The molecule has 0 aromatic heterocycles. The Bertz CT molecular complexity index is 493. The van der Waals surface area contributed by atoms with Crippen molar-refractivity contribution in [1.29, 1.82) is 0 Å². The molecule has 1 aromatic carbocycles. The molecule has 5 nitrogen and oxygen atoms in total. The lowest BCUT2D eigenvalue weighted by Gasteiger charge is -2.38. The third-order valence-corrected chi connectivity index (χ3v) is 3.01. The average molecular weight is 377 g/mol. The fraction of sp³-hybridized carbons (Fsp3) is 0.273. The first kappa shape index (κ1) is 15.0. The molecule has 0 fully saturated rings. The summed E-state index contributed by atoms with van der Waals surface area (Å²) in [6.45, 7) is 3.87. The minimum Gasteiger partial charge on any atom is -0.369 e. The van der Waals surface area contributed by atoms with Crippen LogP contribution in [0.2, 0.25) is 0 Å². The lowest BCUT2D eigenvalue weighted by Crippen LogP contribution is -2.54. The summed E-state index contributed by atoms with van der Waals surface area (Å²) >= 11 is 3.40. The van der Waals surface area contributed by atoms with E-state index in [4.69, 9.17) is 11.5 Å². The van der Waals surface area contributed by atoms with E-state index in [-0.39, 0.29) is 22.9 Å². The van der Waals surface area contributed by atoms with Crippen molar-refractivity contribution < 1.29 is 0 Å². The lowest BCUT2D eigenvalue weighted by atomic mass is 10.1. The first-order valence-corrected chi connectivity index (χ1v) is 5.95. The van der Waals surface area contributed by atoms with Gasteiger partial charge in [-0.2, -0.15) is 4.99 Å². The number of hydrogen-bond acceptors (Lipinski definition) is 5. The number of nitrogens with two attached hydrogens (primary N) is 2. The van der Waals surface area contributed by atoms with Crippen LogP contribution >= 0.6 is 32.9 Å². The molecule has 2 rings (SSSR count). The van der Waals surface area contributed by atoms with Gasteiger partial charge in [0.2, 0.25) is 11.9 Å². The Kier molecular flexibility index (Phi) is 4.39. The Morgan fingerprint density at radius 3 is 2.22 bits per heavy atom. The molecule has 7 heteroatoms. The summed E-state index contributed by atoms with van der Waals surface area (Å²) in [5.74, 6) is 0.561. The van der Waals surface area contributed by atoms with E-state index >= 15 is 0 Å². The molecule has 1 heterocycles. The molecule has 98 valence electrons. The summed E-state index contributed by atoms with van der Waals surface area (Å²) in [7, 11) is 0. The van der Waals surface area contributed by atoms with Crippen molar-refractivity contribution in [3.05, 3.63) is 28.7 Å². The van der Waals surface area contributed by atoms with Crippen LogP contribution in [0.15, 0.2) is 38.7 Å². The summed E-state index contributed by atoms with van der Waals surface area (Å²) in [6, 6.07) is 7.79. The highest BCUT2D eigenvalue weighted by Crippen LogP contribution is 2.28. The van der Waals surface area contributed by atoms with Crippen LogP contribution < -0.4 is 16.4 Å². The summed E-state index contributed by atoms with van der Waals surface area (Å²) in [6.07, 6.45) is 0. The second-order valence-corrected chi connectivity index (χ2v) is 5.16. The molecule has 0 amide bonds. The van der Waals surface area contributed by atoms with Crippen molar-refractivity contribution in [2.24, 2.45) is 21.5 Å². The highest BCUT2D eigenvalue weighted by atomic mass is 79.9. The maximum Gasteiger partial charge on any atom is 0.220 e. The third kappa shape index (κ3) is 2.84. The largest absolute Gasteiger partial charge is 0.369 e. The van der Waals surface area contributed by atoms with Crippen molar-refractivity contribution in [1.82, 2.24) is 0 Å². The van der Waals surface area contributed by atoms with Gasteiger partial charge in [0.1, 0.15) is 5.66 Å². The molecule has 4 N–H and O–H groups in total. The summed E-state index contributed by atoms with van der Waals surface area (Å²) < 4.78 is 1.01. The topological polar surface area (TPSA) is 80.0 Å². The fourth-order valence-corrected chi connectivity index (χ4v) is 2.11. The summed E-state index contributed by atoms with van der Waals surface area (Å²) in [5, 5.41) is 0. The molecule has 1 aromatic rings. The molecule has 0 aliphatic carbocycles. The zero-order valence-corrected chi connectivity index (χ0v) is 13.4. The van der Waals surface area contributed by atoms with E-state index in [0.29, 0.717) is 5.96 Å². The van der Waals surface area contributed by atoms with E-state index in [9.17, 15) is 0 Å². The average Bonchev–Trinajstić information content (AvgIpc) is 2.18. The van der Waals surface area contributed by atoms with Crippen molar-refractivity contribution in [2.45, 2.75) is 19.5 Å². The molecule has 0 radical (unpaired) electrons. The fourth-order valence-electron chi connectivity index (χ4n) is 1.84. The van der Waals surface area contributed by atoms with E-state index in [1.165, 1.54) is 0 Å². The van der Waals surface area contributed by atoms with Crippen LogP contribution in [0.4, 0.5) is 5.69 Å². The second-order valence-electron chi connectivity index (χ2n) is 4.25. The first-order chi connectivity index (χ1) is 7.90. The van der Waals surface area contributed by atoms with Crippen LogP contribution in [-0.4, -0.2) is 17.6 Å². The highest BCUT2D eigenvalue weighted by Gasteiger charge is 2.32. The Balaban J connectivity index is 0.00000162. The molecule has 0 unspecified atom stereocenters. The van der Waals surface area contributed by atoms with Crippen LogP contribution in [0, 0.1) is 0 Å². The first-order valence-electron chi connectivity index (χ1n) is 5.15. The SMILES string of the molecule is Br.CC1(C)N=C(N)N=C(N)N1c1ccc(Br)cc1. The minimum atomic E-state index is -0.538. The van der Waals surface area contributed by atoms with Gasteiger partial charge in [0.05, 0.1) is 0 Å². The van der Waals surface area contributed by atoms with Crippen molar-refractivity contribution in [3.63, 3.8) is 0 Å². The van der Waals surface area contributed by atoms with Gasteiger partial charge in [-0.1, -0.05) is 15.9 Å². The highest BCUT2D eigenvalue weighted by molar-refractivity contribution is 9.10. The van der Waals surface area contributed by atoms with E-state index in [2.05, 4.69) is 25.9 Å². The number of hydrogen-bond donors (Lipinski definition) is 2. The molecule has 1 aliphatic rings. The number of benzene rings is 1. The number of rotatable bonds is 1. The quantitative estimate of drug-likeness (QED) is 0.788. The molecular formula is C11H15Br2N5. The van der Waals surface area contributed by atoms with Gasteiger partial charge >= 0.3 is 0 Å². The number of anilines is 1. The van der Waals surface area contributed by atoms with Crippen LogP contribution in [0.25, 0.3) is 0 Å². The van der Waals surface area contributed by atoms with Crippen molar-refractivity contribution >= 4 is 50.5 Å². The second kappa shape index (κ2) is 5.27. The Hall–Kier alpha value is -1.08. The molecule has 18 heavy (non-hydrogen) atoms. The Morgan fingerprint density at radius 2 is 1.72 bits per heavy atom. The van der Waals surface area contributed by atoms with E-state index < -0.39 is 5.66 Å². The molecule has 1 aliphatic heterocycles. The van der Waals surface area contributed by atoms with E-state index in [1.807, 2.05) is 43.0 Å². The van der Waals surface area contributed by atoms with Crippen molar-refractivity contribution in [2.75, 3.05) is 4.90 Å². The Labute approximate surface area is 125 Å². The van der Waals surface area contributed by atoms with Crippen LogP contribution in [-0.2, 0) is 0 Å². The maximum absolute atomic E-state index is 5.92. The minimum absolute atomic E-state index is 0.